The molecule has 5 nitrogen and oxygen atoms in total. The van der Waals surface area contributed by atoms with Gasteiger partial charge in [-0.3, -0.25) is 9.58 Å². The summed E-state index contributed by atoms with van der Waals surface area (Å²) >= 11 is 0. The molecule has 3 rings (SSSR count). The standard InChI is InChI=1S/C20H30N4O/c1-15(19-14-23(3)22-16(19)2)21-12-17-7-8-20(25-4)18(11-17)13-24-9-5-6-10-24/h7-8,11,14-15,21H,5-6,9-10,12-13H2,1-4H3. The highest BCUT2D eigenvalue weighted by Gasteiger charge is 2.15. The fourth-order valence-electron chi connectivity index (χ4n) is 3.67. The van der Waals surface area contributed by atoms with E-state index >= 15 is 0 Å². The van der Waals surface area contributed by atoms with Crippen molar-refractivity contribution in [3.63, 3.8) is 0 Å². The first-order chi connectivity index (χ1) is 12.1. The Balaban J connectivity index is 1.66. The van der Waals surface area contributed by atoms with Crippen molar-refractivity contribution in [1.29, 1.82) is 0 Å². The van der Waals surface area contributed by atoms with Crippen LogP contribution in [0, 0.1) is 6.92 Å². The number of hydrogen-bond donors (Lipinski definition) is 1. The normalized spacial score (nSPS) is 16.3. The van der Waals surface area contributed by atoms with Crippen molar-refractivity contribution in [2.75, 3.05) is 20.2 Å². The van der Waals surface area contributed by atoms with E-state index in [1.165, 1.54) is 42.6 Å². The number of likely N-dealkylation sites (tertiary alicyclic amines) is 1. The molecule has 0 amide bonds. The summed E-state index contributed by atoms with van der Waals surface area (Å²) in [5, 5.41) is 8.06. The van der Waals surface area contributed by atoms with E-state index in [-0.39, 0.29) is 6.04 Å². The molecule has 1 aromatic carbocycles. The molecule has 1 saturated heterocycles. The summed E-state index contributed by atoms with van der Waals surface area (Å²) in [4.78, 5) is 2.51. The highest BCUT2D eigenvalue weighted by Crippen LogP contribution is 2.24. The van der Waals surface area contributed by atoms with E-state index in [2.05, 4.69) is 53.6 Å². The number of ether oxygens (including phenoxy) is 1. The Morgan fingerprint density at radius 1 is 1.28 bits per heavy atom. The topological polar surface area (TPSA) is 42.3 Å². The van der Waals surface area contributed by atoms with Gasteiger partial charge in [-0.2, -0.15) is 5.10 Å². The van der Waals surface area contributed by atoms with Crippen molar-refractivity contribution >= 4 is 0 Å². The van der Waals surface area contributed by atoms with Crippen molar-refractivity contribution in [2.24, 2.45) is 7.05 Å². The predicted molar refractivity (Wildman–Crippen MR) is 101 cm³/mol. The molecule has 25 heavy (non-hydrogen) atoms. The van der Waals surface area contributed by atoms with E-state index in [1.54, 1.807) is 7.11 Å². The van der Waals surface area contributed by atoms with Crippen molar-refractivity contribution in [2.45, 2.75) is 45.8 Å². The molecule has 136 valence electrons. The van der Waals surface area contributed by atoms with Crippen LogP contribution < -0.4 is 10.1 Å². The Hall–Kier alpha value is -1.85. The van der Waals surface area contributed by atoms with E-state index in [1.807, 2.05) is 11.7 Å². The largest absolute Gasteiger partial charge is 0.496 e. The molecule has 2 heterocycles. The number of aryl methyl sites for hydroxylation is 2. The number of methoxy groups -OCH3 is 1. The lowest BCUT2D eigenvalue weighted by atomic mass is 10.1. The lowest BCUT2D eigenvalue weighted by Crippen LogP contribution is -2.20. The Labute approximate surface area is 151 Å². The average molecular weight is 342 g/mol. The van der Waals surface area contributed by atoms with Gasteiger partial charge in [0.15, 0.2) is 0 Å². The van der Waals surface area contributed by atoms with Crippen molar-refractivity contribution in [3.05, 3.63) is 46.8 Å². The van der Waals surface area contributed by atoms with Gasteiger partial charge in [0.05, 0.1) is 12.8 Å². The van der Waals surface area contributed by atoms with Crippen LogP contribution in [0.25, 0.3) is 0 Å². The quantitative estimate of drug-likeness (QED) is 0.839. The minimum absolute atomic E-state index is 0.276. The molecule has 1 aliphatic rings. The molecule has 5 heteroatoms. The van der Waals surface area contributed by atoms with Crippen LogP contribution in [0.15, 0.2) is 24.4 Å². The number of hydrogen-bond acceptors (Lipinski definition) is 4. The van der Waals surface area contributed by atoms with Crippen LogP contribution in [0.1, 0.15) is 48.2 Å². The summed E-state index contributed by atoms with van der Waals surface area (Å²) in [5.74, 6) is 0.992. The van der Waals surface area contributed by atoms with Gasteiger partial charge in [0, 0.05) is 43.5 Å². The fourth-order valence-corrected chi connectivity index (χ4v) is 3.67. The van der Waals surface area contributed by atoms with Crippen LogP contribution in [-0.4, -0.2) is 34.9 Å². The third-order valence-electron chi connectivity index (χ3n) is 5.07. The molecule has 0 spiro atoms. The van der Waals surface area contributed by atoms with Gasteiger partial charge in [-0.25, -0.2) is 0 Å². The van der Waals surface area contributed by atoms with E-state index in [9.17, 15) is 0 Å². The van der Waals surface area contributed by atoms with E-state index in [0.29, 0.717) is 0 Å². The lowest BCUT2D eigenvalue weighted by Gasteiger charge is -2.19. The third-order valence-corrected chi connectivity index (χ3v) is 5.07. The molecule has 2 aromatic rings. The Morgan fingerprint density at radius 3 is 2.68 bits per heavy atom. The summed E-state index contributed by atoms with van der Waals surface area (Å²) in [5.41, 5.74) is 4.93. The van der Waals surface area contributed by atoms with Gasteiger partial charge in [0.2, 0.25) is 0 Å². The van der Waals surface area contributed by atoms with Crippen molar-refractivity contribution in [3.8, 4) is 5.75 Å². The van der Waals surface area contributed by atoms with Crippen LogP contribution >= 0.6 is 0 Å². The maximum atomic E-state index is 5.57. The highest BCUT2D eigenvalue weighted by atomic mass is 16.5. The van der Waals surface area contributed by atoms with Crippen LogP contribution in [0.2, 0.25) is 0 Å². The van der Waals surface area contributed by atoms with Gasteiger partial charge >= 0.3 is 0 Å². The molecule has 1 aliphatic heterocycles. The van der Waals surface area contributed by atoms with Gasteiger partial charge in [0.1, 0.15) is 5.75 Å². The first-order valence-corrected chi connectivity index (χ1v) is 9.18. The predicted octanol–water partition coefficient (Wildman–Crippen LogP) is 3.18. The summed E-state index contributed by atoms with van der Waals surface area (Å²) < 4.78 is 7.45. The van der Waals surface area contributed by atoms with Crippen molar-refractivity contribution in [1.82, 2.24) is 20.0 Å². The van der Waals surface area contributed by atoms with Gasteiger partial charge in [-0.15, -0.1) is 0 Å². The van der Waals surface area contributed by atoms with Gasteiger partial charge in [-0.1, -0.05) is 6.07 Å². The molecule has 1 atom stereocenters. The molecule has 1 N–H and O–H groups in total. The second kappa shape index (κ2) is 8.02. The zero-order valence-corrected chi connectivity index (χ0v) is 15.9. The number of nitrogens with one attached hydrogen (secondary N) is 1. The summed E-state index contributed by atoms with van der Waals surface area (Å²) in [7, 11) is 3.73. The second-order valence-corrected chi connectivity index (χ2v) is 7.08. The average Bonchev–Trinajstić information content (AvgIpc) is 3.22. The molecule has 0 bridgehead atoms. The second-order valence-electron chi connectivity index (χ2n) is 7.08. The fraction of sp³-hybridized carbons (Fsp3) is 0.550. The zero-order valence-electron chi connectivity index (χ0n) is 15.9. The zero-order chi connectivity index (χ0) is 17.8. The van der Waals surface area contributed by atoms with Gasteiger partial charge in [0.25, 0.3) is 0 Å². The van der Waals surface area contributed by atoms with Crippen LogP contribution in [-0.2, 0) is 20.1 Å². The SMILES string of the molecule is COc1ccc(CNC(C)c2cn(C)nc2C)cc1CN1CCCC1. The Bertz CT molecular complexity index is 704. The number of nitrogens with zero attached hydrogens (tertiary/aromatic N) is 3. The first-order valence-electron chi connectivity index (χ1n) is 9.18. The summed E-state index contributed by atoms with van der Waals surface area (Å²) in [6.45, 7) is 8.47. The smallest absolute Gasteiger partial charge is 0.123 e. The molecule has 0 radical (unpaired) electrons. The molecule has 0 aliphatic carbocycles. The maximum absolute atomic E-state index is 5.57. The molecule has 1 fully saturated rings. The minimum Gasteiger partial charge on any atom is -0.496 e. The van der Waals surface area contributed by atoms with Crippen molar-refractivity contribution < 1.29 is 4.74 Å². The van der Waals surface area contributed by atoms with Crippen LogP contribution in [0.5, 0.6) is 5.75 Å². The molecule has 1 aromatic heterocycles. The van der Waals surface area contributed by atoms with Gasteiger partial charge < -0.3 is 10.1 Å². The summed E-state index contributed by atoms with van der Waals surface area (Å²) in [6.07, 6.45) is 4.72. The molecular weight excluding hydrogens is 312 g/mol. The Morgan fingerprint density at radius 2 is 2.04 bits per heavy atom. The van der Waals surface area contributed by atoms with Gasteiger partial charge in [-0.05, 0) is 57.5 Å². The summed E-state index contributed by atoms with van der Waals surface area (Å²) in [6, 6.07) is 6.81. The van der Waals surface area contributed by atoms with Crippen LogP contribution in [0.4, 0.5) is 0 Å². The minimum atomic E-state index is 0.276. The Kier molecular flexibility index (Phi) is 5.76. The van der Waals surface area contributed by atoms with E-state index < -0.39 is 0 Å². The molecule has 0 saturated carbocycles. The molecule has 1 unspecified atom stereocenters. The number of benzene rings is 1. The first kappa shape index (κ1) is 18.0. The van der Waals surface area contributed by atoms with Crippen LogP contribution in [0.3, 0.4) is 0 Å². The van der Waals surface area contributed by atoms with E-state index in [0.717, 1.165) is 24.5 Å². The number of rotatable bonds is 7. The molecular formula is C20H30N4O. The maximum Gasteiger partial charge on any atom is 0.123 e. The monoisotopic (exact) mass is 342 g/mol. The highest BCUT2D eigenvalue weighted by molar-refractivity contribution is 5.37. The van der Waals surface area contributed by atoms with E-state index in [4.69, 9.17) is 4.74 Å². The number of aromatic nitrogens is 2. The lowest BCUT2D eigenvalue weighted by molar-refractivity contribution is 0.320. The third kappa shape index (κ3) is 4.41.